The fraction of sp³-hybridized carbons (Fsp3) is 0.438. The maximum atomic E-state index is 9.47. The van der Waals surface area contributed by atoms with Gasteiger partial charge in [0.15, 0.2) is 0 Å². The number of hydrogen-bond acceptors (Lipinski definition) is 4. The highest BCUT2D eigenvalue weighted by Gasteiger charge is 2.33. The lowest BCUT2D eigenvalue weighted by molar-refractivity contribution is -0.878. The van der Waals surface area contributed by atoms with Crippen molar-refractivity contribution in [2.24, 2.45) is 5.73 Å². The van der Waals surface area contributed by atoms with Gasteiger partial charge in [-0.3, -0.25) is 4.79 Å². The van der Waals surface area contributed by atoms with Crippen LogP contribution < -0.4 is 18.1 Å². The predicted octanol–water partition coefficient (Wildman–Crippen LogP) is -1.31. The van der Waals surface area contributed by atoms with Gasteiger partial charge in [0, 0.05) is 21.3 Å². The molecule has 0 aromatic carbocycles. The summed E-state index contributed by atoms with van der Waals surface area (Å²) in [7, 11) is 6.51. The molecule has 0 aliphatic heterocycles. The van der Waals surface area contributed by atoms with E-state index in [1.165, 1.54) is 0 Å². The van der Waals surface area contributed by atoms with Crippen LogP contribution in [0.1, 0.15) is 0 Å². The molecule has 24 heavy (non-hydrogen) atoms. The van der Waals surface area contributed by atoms with E-state index in [0.29, 0.717) is 0 Å². The fourth-order valence-corrected chi connectivity index (χ4v) is 2.27. The van der Waals surface area contributed by atoms with Crippen molar-refractivity contribution in [2.45, 2.75) is 0 Å². The van der Waals surface area contributed by atoms with Crippen molar-refractivity contribution in [3.63, 3.8) is 0 Å². The van der Waals surface area contributed by atoms with Crippen LogP contribution in [0.4, 0.5) is 0 Å². The molecule has 8 heteroatoms. The number of likely N-dealkylation sites (N-methyl/N-ethyl adjacent to an activating group) is 1. The molecule has 0 unspecified atom stereocenters. The molecule has 0 radical (unpaired) electrons. The number of nitrogens with two attached hydrogens (primary N) is 1. The van der Waals surface area contributed by atoms with Crippen molar-refractivity contribution in [1.82, 2.24) is 0 Å². The van der Waals surface area contributed by atoms with E-state index in [1.807, 2.05) is 12.2 Å². The number of halogens is 1. The molecule has 0 heterocycles. The predicted molar refractivity (Wildman–Crippen MR) is 98.6 cm³/mol. The minimum atomic E-state index is -2.43. The summed E-state index contributed by atoms with van der Waals surface area (Å²) < 4.78 is 15.8. The smallest absolute Gasteiger partial charge is 0.528 e. The Bertz CT molecular complexity index is 353. The first-order valence-electron chi connectivity index (χ1n) is 6.88. The van der Waals surface area contributed by atoms with Crippen molar-refractivity contribution >= 4 is 14.7 Å². The first kappa shape index (κ1) is 30.6. The third-order valence-corrected chi connectivity index (χ3v) is 4.76. The largest absolute Gasteiger partial charge is 1.00 e. The van der Waals surface area contributed by atoms with Crippen molar-refractivity contribution < 1.29 is 35.0 Å². The number of carbonyl (C=O) groups is 1. The van der Waals surface area contributed by atoms with Gasteiger partial charge < -0.3 is 35.9 Å². The molecule has 0 spiro atoms. The van der Waals surface area contributed by atoms with E-state index in [-0.39, 0.29) is 12.4 Å². The van der Waals surface area contributed by atoms with E-state index in [0.717, 1.165) is 23.6 Å². The van der Waals surface area contributed by atoms with Gasteiger partial charge in [-0.2, -0.15) is 0 Å². The fourth-order valence-electron chi connectivity index (χ4n) is 1.27. The Balaban J connectivity index is -0.000000128. The Morgan fingerprint density at radius 3 is 1.38 bits per heavy atom. The zero-order valence-electron chi connectivity index (χ0n) is 15.6. The summed E-state index contributed by atoms with van der Waals surface area (Å²) in [6.07, 6.45) is 4.92. The second-order valence-corrected chi connectivity index (χ2v) is 7.74. The van der Waals surface area contributed by atoms with E-state index in [9.17, 15) is 4.79 Å². The lowest BCUT2D eigenvalue weighted by Gasteiger charge is -2.26. The highest BCUT2D eigenvalue weighted by atomic mass is 35.5. The number of carbonyl (C=O) groups excluding carboxylic acids is 1. The molecule has 0 atom stereocenters. The second kappa shape index (κ2) is 18.1. The van der Waals surface area contributed by atoms with Crippen LogP contribution in [0.2, 0.25) is 0 Å². The molecule has 0 rings (SSSR count). The van der Waals surface area contributed by atoms with E-state index < -0.39 is 14.7 Å². The normalized spacial score (nSPS) is 9.71. The van der Waals surface area contributed by atoms with Gasteiger partial charge in [0.05, 0.1) is 27.2 Å². The van der Waals surface area contributed by atoms with Crippen LogP contribution in [0, 0.1) is 0 Å². The zero-order valence-corrected chi connectivity index (χ0v) is 17.3. The number of quaternary nitrogens is 1. The molecule has 2 N–H and O–H groups in total. The van der Waals surface area contributed by atoms with Gasteiger partial charge >= 0.3 is 8.80 Å². The number of rotatable bonds is 9. The number of nitrogens with zero attached hydrogens (tertiary/aromatic N) is 1. The van der Waals surface area contributed by atoms with Crippen molar-refractivity contribution in [2.75, 3.05) is 48.5 Å². The maximum absolute atomic E-state index is 9.47. The average molecular weight is 381 g/mol. The van der Waals surface area contributed by atoms with Crippen molar-refractivity contribution in [1.29, 1.82) is 0 Å². The molecule has 0 aromatic heterocycles. The molecular formula is C16H33ClN2O4Si. The minimum absolute atomic E-state index is 0. The average Bonchev–Trinajstić information content (AvgIpc) is 2.51. The summed E-state index contributed by atoms with van der Waals surface area (Å²) in [5, 5.41) is 0. The molecule has 142 valence electrons. The third kappa shape index (κ3) is 18.8. The molecule has 0 aromatic rings. The highest BCUT2D eigenvalue weighted by Crippen LogP contribution is 2.05. The standard InChI is InChI=1S/C8H16N.C5H12O3Si.C3H5NO.ClH/c1-5-7-9(3,4)8-6-2;1-5-9(6-2,7-3)8-4;1-2-3(4)5;/h5-6H,1-2,7-8H2,3-4H3;5H,1H2,2-4H3;2H,1H2,(H2,4,5);1H/q+1;;;/p-1. The Morgan fingerprint density at radius 1 is 1.00 bits per heavy atom. The van der Waals surface area contributed by atoms with Gasteiger partial charge in [-0.15, -0.1) is 0 Å². The molecular weight excluding hydrogens is 348 g/mol. The monoisotopic (exact) mass is 380 g/mol. The third-order valence-electron chi connectivity index (χ3n) is 2.55. The van der Waals surface area contributed by atoms with Crippen LogP contribution in [-0.4, -0.2) is 67.7 Å². The van der Waals surface area contributed by atoms with Crippen LogP contribution in [0.25, 0.3) is 0 Å². The minimum Gasteiger partial charge on any atom is -1.00 e. The van der Waals surface area contributed by atoms with Gasteiger partial charge in [0.2, 0.25) is 5.91 Å². The van der Waals surface area contributed by atoms with E-state index in [4.69, 9.17) is 13.3 Å². The highest BCUT2D eigenvalue weighted by molar-refractivity contribution is 6.66. The van der Waals surface area contributed by atoms with Crippen LogP contribution in [0.5, 0.6) is 0 Å². The van der Waals surface area contributed by atoms with Crippen LogP contribution >= 0.6 is 0 Å². The quantitative estimate of drug-likeness (QED) is 0.233. The summed E-state index contributed by atoms with van der Waals surface area (Å²) >= 11 is 0. The van der Waals surface area contributed by atoms with Crippen LogP contribution in [0.15, 0.2) is 50.2 Å². The van der Waals surface area contributed by atoms with Gasteiger partial charge in [-0.1, -0.05) is 26.3 Å². The second-order valence-electron chi connectivity index (χ2n) is 4.90. The molecule has 0 saturated carbocycles. The molecule has 6 nitrogen and oxygen atoms in total. The Morgan fingerprint density at radius 2 is 1.29 bits per heavy atom. The van der Waals surface area contributed by atoms with E-state index in [2.05, 4.69) is 46.1 Å². The molecule has 0 bridgehead atoms. The van der Waals surface area contributed by atoms with Gasteiger partial charge in [-0.05, 0) is 23.9 Å². The Labute approximate surface area is 154 Å². The first-order valence-corrected chi connectivity index (χ1v) is 8.69. The lowest BCUT2D eigenvalue weighted by Crippen LogP contribution is -3.00. The number of amides is 1. The topological polar surface area (TPSA) is 70.8 Å². The first-order chi connectivity index (χ1) is 10.6. The zero-order chi connectivity index (χ0) is 18.9. The number of hydrogen-bond donors (Lipinski definition) is 1. The van der Waals surface area contributed by atoms with Crippen LogP contribution in [0.3, 0.4) is 0 Å². The summed E-state index contributed by atoms with van der Waals surface area (Å²) in [5.74, 6) is -0.481. The molecule has 0 fully saturated rings. The molecule has 1 amide bonds. The summed E-state index contributed by atoms with van der Waals surface area (Å²) in [6, 6.07) is 0. The Kier molecular flexibility index (Phi) is 23.1. The van der Waals surface area contributed by atoms with Gasteiger partial charge in [0.25, 0.3) is 0 Å². The lowest BCUT2D eigenvalue weighted by atomic mass is 10.4. The molecule has 0 aliphatic carbocycles. The Hall–Kier alpha value is -1.22. The maximum Gasteiger partial charge on any atom is 0.528 e. The number of primary amides is 1. The van der Waals surface area contributed by atoms with E-state index in [1.54, 1.807) is 27.0 Å². The van der Waals surface area contributed by atoms with Crippen LogP contribution in [-0.2, 0) is 18.1 Å². The van der Waals surface area contributed by atoms with Gasteiger partial charge in [0.1, 0.15) is 0 Å². The summed E-state index contributed by atoms with van der Waals surface area (Å²) in [6.45, 7) is 16.0. The molecule has 0 aliphatic rings. The van der Waals surface area contributed by atoms with Crippen molar-refractivity contribution in [3.8, 4) is 0 Å². The molecule has 0 saturated heterocycles. The summed E-state index contributed by atoms with van der Waals surface area (Å²) in [5.41, 5.74) is 6.11. The SMILES string of the molecule is C=CC(N)=O.C=CC[N+](C)(C)CC=C.C=C[Si](OC)(OC)OC.[Cl-]. The summed E-state index contributed by atoms with van der Waals surface area (Å²) in [4.78, 5) is 9.47. The van der Waals surface area contributed by atoms with Crippen molar-refractivity contribution in [3.05, 3.63) is 50.2 Å². The van der Waals surface area contributed by atoms with E-state index >= 15 is 0 Å². The van der Waals surface area contributed by atoms with Gasteiger partial charge in [-0.25, -0.2) is 0 Å².